The number of ether oxygens (including phenoxy) is 1. The van der Waals surface area contributed by atoms with Gasteiger partial charge in [-0.05, 0) is 19.2 Å². The van der Waals surface area contributed by atoms with Gasteiger partial charge in [-0.25, -0.2) is 4.99 Å². The quantitative estimate of drug-likeness (QED) is 0.520. The first-order valence-corrected chi connectivity index (χ1v) is 8.39. The minimum absolute atomic E-state index is 0.477. The van der Waals surface area contributed by atoms with E-state index in [1.54, 1.807) is 0 Å². The van der Waals surface area contributed by atoms with Crippen molar-refractivity contribution in [3.05, 3.63) is 30.0 Å². The van der Waals surface area contributed by atoms with Crippen LogP contribution in [0.2, 0.25) is 0 Å². The Hall–Kier alpha value is -1.92. The zero-order chi connectivity index (χ0) is 16.4. The number of hydrogen-bond acceptors (Lipinski definition) is 3. The summed E-state index contributed by atoms with van der Waals surface area (Å²) in [6, 6.07) is 6.02. The third-order valence-electron chi connectivity index (χ3n) is 4.23. The molecule has 0 fully saturated rings. The first kappa shape index (κ1) is 16.0. The third-order valence-corrected chi connectivity index (χ3v) is 4.45. The van der Waals surface area contributed by atoms with Gasteiger partial charge in [0, 0.05) is 17.1 Å². The monoisotopic (exact) mass is 330 g/mol. The van der Waals surface area contributed by atoms with E-state index < -0.39 is 0 Å². The van der Waals surface area contributed by atoms with E-state index in [2.05, 4.69) is 40.6 Å². The van der Waals surface area contributed by atoms with Crippen molar-refractivity contribution in [3.8, 4) is 5.75 Å². The number of hydrogen-bond donors (Lipinski definition) is 1. The van der Waals surface area contributed by atoms with E-state index in [1.165, 1.54) is 0 Å². The maximum Gasteiger partial charge on any atom is 0.143 e. The van der Waals surface area contributed by atoms with E-state index in [4.69, 9.17) is 22.7 Å². The highest BCUT2D eigenvalue weighted by atomic mass is 32.1. The molecule has 2 N–H and O–H groups in total. The van der Waals surface area contributed by atoms with Crippen molar-refractivity contribution in [1.82, 2.24) is 9.47 Å². The summed E-state index contributed by atoms with van der Waals surface area (Å²) in [5, 5.41) is 1.06. The summed E-state index contributed by atoms with van der Waals surface area (Å²) in [6.45, 7) is 8.30. The van der Waals surface area contributed by atoms with Gasteiger partial charge in [-0.15, -0.1) is 0 Å². The Morgan fingerprint density at radius 2 is 2.17 bits per heavy atom. The van der Waals surface area contributed by atoms with Gasteiger partial charge in [0.2, 0.25) is 0 Å². The van der Waals surface area contributed by atoms with Gasteiger partial charge in [0.1, 0.15) is 23.2 Å². The number of rotatable bonds is 5. The van der Waals surface area contributed by atoms with Crippen LogP contribution in [0.3, 0.4) is 0 Å². The molecule has 0 aliphatic carbocycles. The van der Waals surface area contributed by atoms with Crippen molar-refractivity contribution < 1.29 is 4.74 Å². The van der Waals surface area contributed by atoms with E-state index in [-0.39, 0.29) is 0 Å². The number of nitrogens with zero attached hydrogens (tertiary/aromatic N) is 3. The molecule has 5 nitrogen and oxygen atoms in total. The number of para-hydroxylation sites is 1. The highest BCUT2D eigenvalue weighted by molar-refractivity contribution is 7.80. The molecular weight excluding hydrogens is 308 g/mol. The maximum absolute atomic E-state index is 6.25. The van der Waals surface area contributed by atoms with Crippen LogP contribution in [-0.2, 0) is 6.54 Å². The second kappa shape index (κ2) is 6.68. The van der Waals surface area contributed by atoms with Crippen LogP contribution in [0.25, 0.3) is 10.9 Å². The topological polar surface area (TPSA) is 55.8 Å². The van der Waals surface area contributed by atoms with Gasteiger partial charge in [-0.3, -0.25) is 4.90 Å². The molecule has 1 aromatic carbocycles. The fourth-order valence-electron chi connectivity index (χ4n) is 2.95. The number of aliphatic imine (C=N–C) groups is 1. The van der Waals surface area contributed by atoms with Gasteiger partial charge >= 0.3 is 0 Å². The minimum Gasteiger partial charge on any atom is -0.490 e. The molecule has 0 bridgehead atoms. The molecule has 1 aliphatic rings. The van der Waals surface area contributed by atoms with Crippen LogP contribution in [0.15, 0.2) is 29.4 Å². The van der Waals surface area contributed by atoms with Crippen LogP contribution in [0.4, 0.5) is 0 Å². The largest absolute Gasteiger partial charge is 0.490 e. The fraction of sp³-hybridized carbons (Fsp3) is 0.412. The molecule has 2 aromatic rings. The zero-order valence-electron chi connectivity index (χ0n) is 13.6. The standard InChI is InChI=1S/C17H22N4OS/c1-3-20(4-2)11-15(23)19-17(18)13-10-21-8-9-22-14-7-5-6-12(13)16(14)21/h5-7,10H,3-4,8-9,11H2,1-2H3,(H2,18,19,23). The zero-order valence-corrected chi connectivity index (χ0v) is 14.4. The van der Waals surface area contributed by atoms with Crippen LogP contribution in [0.5, 0.6) is 5.75 Å². The Balaban J connectivity index is 1.93. The lowest BCUT2D eigenvalue weighted by Crippen LogP contribution is -2.29. The van der Waals surface area contributed by atoms with Gasteiger partial charge in [0.25, 0.3) is 0 Å². The number of nitrogens with two attached hydrogens (primary N) is 1. The van der Waals surface area contributed by atoms with E-state index >= 15 is 0 Å². The lowest BCUT2D eigenvalue weighted by Gasteiger charge is -2.16. The van der Waals surface area contributed by atoms with Crippen LogP contribution in [0, 0.1) is 0 Å². The van der Waals surface area contributed by atoms with Crippen molar-refractivity contribution >= 4 is 33.9 Å². The molecule has 0 amide bonds. The number of thiocarbonyl (C=S) groups is 1. The molecule has 0 unspecified atom stereocenters. The Morgan fingerprint density at radius 3 is 2.91 bits per heavy atom. The van der Waals surface area contributed by atoms with Crippen molar-refractivity contribution in [3.63, 3.8) is 0 Å². The molecule has 0 radical (unpaired) electrons. The summed E-state index contributed by atoms with van der Waals surface area (Å²) in [6.07, 6.45) is 2.05. The molecule has 0 saturated carbocycles. The van der Waals surface area contributed by atoms with E-state index in [0.717, 1.165) is 41.9 Å². The molecule has 0 saturated heterocycles. The summed E-state index contributed by atoms with van der Waals surface area (Å²) in [7, 11) is 0. The average molecular weight is 330 g/mol. The summed E-state index contributed by atoms with van der Waals surface area (Å²) in [4.78, 5) is 7.31. The van der Waals surface area contributed by atoms with Gasteiger partial charge in [0.15, 0.2) is 0 Å². The van der Waals surface area contributed by atoms with Gasteiger partial charge in [-0.2, -0.15) is 0 Å². The Labute approximate surface area is 141 Å². The van der Waals surface area contributed by atoms with E-state index in [1.807, 2.05) is 12.1 Å². The van der Waals surface area contributed by atoms with Crippen LogP contribution >= 0.6 is 12.2 Å². The minimum atomic E-state index is 0.477. The van der Waals surface area contributed by atoms with Gasteiger partial charge < -0.3 is 15.0 Å². The predicted octanol–water partition coefficient (Wildman–Crippen LogP) is 2.41. The molecule has 2 heterocycles. The van der Waals surface area contributed by atoms with Crippen molar-refractivity contribution in [1.29, 1.82) is 0 Å². The molecule has 1 aromatic heterocycles. The Bertz CT molecular complexity index is 761. The van der Waals surface area contributed by atoms with E-state index in [9.17, 15) is 0 Å². The summed E-state index contributed by atoms with van der Waals surface area (Å²) in [5.41, 5.74) is 8.26. The Kier molecular flexibility index (Phi) is 4.63. The SMILES string of the molecule is CCN(CC)CC(=S)N=C(N)c1cn2c3c(cccc13)OCC2. The van der Waals surface area contributed by atoms with Gasteiger partial charge in [-0.1, -0.05) is 38.2 Å². The normalized spacial score (nSPS) is 14.3. The highest BCUT2D eigenvalue weighted by Crippen LogP contribution is 2.32. The van der Waals surface area contributed by atoms with Gasteiger partial charge in [0.05, 0.1) is 18.6 Å². The van der Waals surface area contributed by atoms with Crippen LogP contribution in [0.1, 0.15) is 19.4 Å². The van der Waals surface area contributed by atoms with Crippen molar-refractivity contribution in [2.45, 2.75) is 20.4 Å². The van der Waals surface area contributed by atoms with Crippen LogP contribution in [-0.4, -0.2) is 46.5 Å². The lowest BCUT2D eigenvalue weighted by atomic mass is 10.1. The van der Waals surface area contributed by atoms with Crippen LogP contribution < -0.4 is 10.5 Å². The predicted molar refractivity (Wildman–Crippen MR) is 98.5 cm³/mol. The average Bonchev–Trinajstić information content (AvgIpc) is 2.94. The van der Waals surface area contributed by atoms with E-state index in [0.29, 0.717) is 24.0 Å². The second-order valence-electron chi connectivity index (χ2n) is 5.59. The van der Waals surface area contributed by atoms with Crippen molar-refractivity contribution in [2.75, 3.05) is 26.2 Å². The molecule has 122 valence electrons. The number of amidine groups is 1. The first-order chi connectivity index (χ1) is 11.1. The molecule has 0 atom stereocenters. The summed E-state index contributed by atoms with van der Waals surface area (Å²) in [5.74, 6) is 1.38. The smallest absolute Gasteiger partial charge is 0.143 e. The molecule has 6 heteroatoms. The summed E-state index contributed by atoms with van der Waals surface area (Å²) >= 11 is 5.39. The summed E-state index contributed by atoms with van der Waals surface area (Å²) < 4.78 is 7.90. The fourth-order valence-corrected chi connectivity index (χ4v) is 3.23. The number of likely N-dealkylation sites (N-methyl/N-ethyl adjacent to an activating group) is 1. The molecule has 23 heavy (non-hydrogen) atoms. The number of benzene rings is 1. The number of aromatic nitrogens is 1. The molecule has 3 rings (SSSR count). The molecule has 1 aliphatic heterocycles. The maximum atomic E-state index is 6.25. The van der Waals surface area contributed by atoms with Crippen molar-refractivity contribution in [2.24, 2.45) is 10.7 Å². The lowest BCUT2D eigenvalue weighted by molar-refractivity contribution is 0.287. The highest BCUT2D eigenvalue weighted by Gasteiger charge is 2.18. The molecular formula is C17H22N4OS. The molecule has 0 spiro atoms. The second-order valence-corrected chi connectivity index (χ2v) is 6.06. The first-order valence-electron chi connectivity index (χ1n) is 7.98. The third kappa shape index (κ3) is 3.09. The Morgan fingerprint density at radius 1 is 1.39 bits per heavy atom.